The third kappa shape index (κ3) is 3.95. The Balaban J connectivity index is 1.80. The summed E-state index contributed by atoms with van der Waals surface area (Å²) in [6, 6.07) is 0. The molecule has 2 N–H and O–H groups in total. The minimum absolute atomic E-state index is 0.0297. The molecule has 0 bridgehead atoms. The first-order valence-corrected chi connectivity index (χ1v) is 7.74. The highest BCUT2D eigenvalue weighted by Gasteiger charge is 2.30. The van der Waals surface area contributed by atoms with E-state index in [1.54, 1.807) is 11.8 Å². The second kappa shape index (κ2) is 6.57. The molecule has 5 heteroatoms. The van der Waals surface area contributed by atoms with Gasteiger partial charge in [0, 0.05) is 26.6 Å². The predicted molar refractivity (Wildman–Crippen MR) is 78.2 cm³/mol. The first kappa shape index (κ1) is 15.3. The van der Waals surface area contributed by atoms with E-state index in [9.17, 15) is 9.59 Å². The van der Waals surface area contributed by atoms with E-state index in [1.807, 2.05) is 0 Å². The van der Waals surface area contributed by atoms with Gasteiger partial charge in [0.25, 0.3) is 0 Å². The van der Waals surface area contributed by atoms with Crippen LogP contribution in [0, 0.1) is 11.3 Å². The fourth-order valence-electron chi connectivity index (χ4n) is 3.13. The van der Waals surface area contributed by atoms with Crippen molar-refractivity contribution in [2.24, 2.45) is 11.3 Å². The van der Waals surface area contributed by atoms with Crippen molar-refractivity contribution in [3.63, 3.8) is 0 Å². The zero-order chi connectivity index (χ0) is 14.6. The fraction of sp³-hybridized carbons (Fsp3) is 0.867. The minimum Gasteiger partial charge on any atom is -0.355 e. The Bertz CT molecular complexity index is 364. The second-order valence-electron chi connectivity index (χ2n) is 6.58. The molecule has 0 radical (unpaired) electrons. The lowest BCUT2D eigenvalue weighted by Gasteiger charge is -2.36. The predicted octanol–water partition coefficient (Wildman–Crippen LogP) is 0.751. The van der Waals surface area contributed by atoms with Crippen molar-refractivity contribution in [2.45, 2.75) is 39.5 Å². The van der Waals surface area contributed by atoms with Gasteiger partial charge < -0.3 is 15.5 Å². The summed E-state index contributed by atoms with van der Waals surface area (Å²) in [5.41, 5.74) is 0.218. The van der Waals surface area contributed by atoms with E-state index in [2.05, 4.69) is 17.6 Å². The summed E-state index contributed by atoms with van der Waals surface area (Å²) in [4.78, 5) is 25.5. The summed E-state index contributed by atoms with van der Waals surface area (Å²) in [5.74, 6) is 0.168. The van der Waals surface area contributed by atoms with Crippen LogP contribution in [0.4, 0.5) is 0 Å². The number of hydrogen-bond acceptors (Lipinski definition) is 3. The molecule has 0 aromatic rings. The summed E-state index contributed by atoms with van der Waals surface area (Å²) < 4.78 is 0. The molecular weight excluding hydrogens is 254 g/mol. The number of nitrogens with one attached hydrogen (secondary N) is 2. The molecule has 2 aliphatic rings. The van der Waals surface area contributed by atoms with Gasteiger partial charge in [-0.15, -0.1) is 0 Å². The highest BCUT2D eigenvalue weighted by Crippen LogP contribution is 2.27. The third-order valence-corrected chi connectivity index (χ3v) is 4.74. The summed E-state index contributed by atoms with van der Waals surface area (Å²) in [5, 5.41) is 6.47. The van der Waals surface area contributed by atoms with E-state index in [0.29, 0.717) is 6.54 Å². The monoisotopic (exact) mass is 281 g/mol. The lowest BCUT2D eigenvalue weighted by Crippen LogP contribution is -2.48. The summed E-state index contributed by atoms with van der Waals surface area (Å²) >= 11 is 0. The van der Waals surface area contributed by atoms with E-state index in [1.165, 1.54) is 0 Å². The van der Waals surface area contributed by atoms with Crippen LogP contribution in [0.25, 0.3) is 0 Å². The molecule has 0 aromatic heterocycles. The average Bonchev–Trinajstić information content (AvgIpc) is 2.46. The Morgan fingerprint density at radius 2 is 2.05 bits per heavy atom. The average molecular weight is 281 g/mol. The van der Waals surface area contributed by atoms with Crippen LogP contribution in [-0.2, 0) is 9.59 Å². The van der Waals surface area contributed by atoms with Gasteiger partial charge in [-0.1, -0.05) is 6.92 Å². The van der Waals surface area contributed by atoms with Crippen LogP contribution in [0.15, 0.2) is 0 Å². The van der Waals surface area contributed by atoms with Gasteiger partial charge in [-0.25, -0.2) is 0 Å². The highest BCUT2D eigenvalue weighted by atomic mass is 16.2. The molecule has 0 aliphatic carbocycles. The van der Waals surface area contributed by atoms with E-state index >= 15 is 0 Å². The Hall–Kier alpha value is -1.10. The van der Waals surface area contributed by atoms with E-state index in [-0.39, 0.29) is 23.1 Å². The lowest BCUT2D eigenvalue weighted by molar-refractivity contribution is -0.134. The van der Waals surface area contributed by atoms with Gasteiger partial charge in [0.05, 0.1) is 5.92 Å². The maximum atomic E-state index is 12.3. The molecule has 5 nitrogen and oxygen atoms in total. The number of piperidine rings is 2. The molecule has 2 aliphatic heterocycles. The van der Waals surface area contributed by atoms with Crippen LogP contribution in [0.1, 0.15) is 39.5 Å². The summed E-state index contributed by atoms with van der Waals surface area (Å²) in [7, 11) is 0. The molecule has 2 saturated heterocycles. The highest BCUT2D eigenvalue weighted by molar-refractivity contribution is 5.80. The third-order valence-electron chi connectivity index (χ3n) is 4.74. The maximum absolute atomic E-state index is 12.3. The quantitative estimate of drug-likeness (QED) is 0.802. The molecule has 2 fully saturated rings. The fourth-order valence-corrected chi connectivity index (χ4v) is 3.13. The number of hydrogen-bond donors (Lipinski definition) is 2. The van der Waals surface area contributed by atoms with Crippen LogP contribution in [0.2, 0.25) is 0 Å². The topological polar surface area (TPSA) is 61.4 Å². The smallest absolute Gasteiger partial charge is 0.224 e. The number of likely N-dealkylation sites (tertiary alicyclic amines) is 1. The molecule has 2 rings (SSSR count). The number of carbonyl (C=O) groups is 2. The van der Waals surface area contributed by atoms with Gasteiger partial charge in [-0.3, -0.25) is 9.59 Å². The van der Waals surface area contributed by atoms with Crippen LogP contribution in [-0.4, -0.2) is 49.4 Å². The van der Waals surface area contributed by atoms with Crippen molar-refractivity contribution in [1.82, 2.24) is 15.5 Å². The van der Waals surface area contributed by atoms with Crippen molar-refractivity contribution < 1.29 is 9.59 Å². The van der Waals surface area contributed by atoms with Crippen LogP contribution < -0.4 is 10.6 Å². The minimum atomic E-state index is -0.0297. The Morgan fingerprint density at radius 1 is 1.35 bits per heavy atom. The molecule has 2 amide bonds. The van der Waals surface area contributed by atoms with Gasteiger partial charge >= 0.3 is 0 Å². The molecule has 20 heavy (non-hydrogen) atoms. The SMILES string of the molecule is CC(=O)N1CCCC(C(=O)NCC2(C)CCNCC2)C1. The molecule has 2 heterocycles. The Morgan fingerprint density at radius 3 is 2.70 bits per heavy atom. The summed E-state index contributed by atoms with van der Waals surface area (Å²) in [6.45, 7) is 8.03. The van der Waals surface area contributed by atoms with Crippen molar-refractivity contribution >= 4 is 11.8 Å². The van der Waals surface area contributed by atoms with Crippen molar-refractivity contribution in [1.29, 1.82) is 0 Å². The normalized spacial score (nSPS) is 26.1. The van der Waals surface area contributed by atoms with Gasteiger partial charge in [0.1, 0.15) is 0 Å². The number of nitrogens with zero attached hydrogens (tertiary/aromatic N) is 1. The van der Waals surface area contributed by atoms with Crippen molar-refractivity contribution in [3.05, 3.63) is 0 Å². The molecular formula is C15H27N3O2. The first-order chi connectivity index (χ1) is 9.50. The zero-order valence-corrected chi connectivity index (χ0v) is 12.7. The molecule has 0 spiro atoms. The maximum Gasteiger partial charge on any atom is 0.224 e. The number of rotatable bonds is 3. The van der Waals surface area contributed by atoms with Gasteiger partial charge in [0.15, 0.2) is 0 Å². The molecule has 114 valence electrons. The molecule has 0 saturated carbocycles. The molecule has 0 aromatic carbocycles. The van der Waals surface area contributed by atoms with E-state index in [0.717, 1.165) is 51.9 Å². The van der Waals surface area contributed by atoms with E-state index in [4.69, 9.17) is 0 Å². The Labute approximate surface area is 121 Å². The van der Waals surface area contributed by atoms with Crippen molar-refractivity contribution in [3.8, 4) is 0 Å². The van der Waals surface area contributed by atoms with Crippen LogP contribution in [0.5, 0.6) is 0 Å². The van der Waals surface area contributed by atoms with Crippen LogP contribution >= 0.6 is 0 Å². The second-order valence-corrected chi connectivity index (χ2v) is 6.58. The largest absolute Gasteiger partial charge is 0.355 e. The molecule has 1 atom stereocenters. The Kier molecular flexibility index (Phi) is 5.02. The van der Waals surface area contributed by atoms with Gasteiger partial charge in [0.2, 0.25) is 11.8 Å². The standard InChI is InChI=1S/C15H27N3O2/c1-12(19)18-9-3-4-13(10-18)14(20)17-11-15(2)5-7-16-8-6-15/h13,16H,3-11H2,1-2H3,(H,17,20). The van der Waals surface area contributed by atoms with Gasteiger partial charge in [-0.2, -0.15) is 0 Å². The number of amides is 2. The molecule has 1 unspecified atom stereocenters. The first-order valence-electron chi connectivity index (χ1n) is 7.74. The summed E-state index contributed by atoms with van der Waals surface area (Å²) in [6.07, 6.45) is 4.04. The zero-order valence-electron chi connectivity index (χ0n) is 12.7. The van der Waals surface area contributed by atoms with Gasteiger partial charge in [-0.05, 0) is 44.2 Å². The van der Waals surface area contributed by atoms with E-state index < -0.39 is 0 Å². The number of carbonyl (C=O) groups excluding carboxylic acids is 2. The van der Waals surface area contributed by atoms with Crippen molar-refractivity contribution in [2.75, 3.05) is 32.7 Å². The lowest BCUT2D eigenvalue weighted by atomic mass is 9.81. The van der Waals surface area contributed by atoms with Crippen LogP contribution in [0.3, 0.4) is 0 Å².